The minimum Gasteiger partial charge on any atom is -0.446 e. The highest BCUT2D eigenvalue weighted by Crippen LogP contribution is 2.12. The third-order valence-electron chi connectivity index (χ3n) is 2.23. The number of hydrogen-bond acceptors (Lipinski definition) is 4. The molecule has 1 aliphatic rings. The van der Waals surface area contributed by atoms with Gasteiger partial charge in [-0.05, 0) is 12.8 Å². The van der Waals surface area contributed by atoms with Crippen LogP contribution >= 0.6 is 0 Å². The van der Waals surface area contributed by atoms with Crippen molar-refractivity contribution in [3.8, 4) is 0 Å². The van der Waals surface area contributed by atoms with Crippen LogP contribution in [0.15, 0.2) is 0 Å². The molecule has 0 aromatic heterocycles. The van der Waals surface area contributed by atoms with E-state index in [1.54, 1.807) is 0 Å². The molecule has 13 heavy (non-hydrogen) atoms. The zero-order valence-corrected chi connectivity index (χ0v) is 7.61. The quantitative estimate of drug-likeness (QED) is 0.628. The molecule has 0 bridgehead atoms. The summed E-state index contributed by atoms with van der Waals surface area (Å²) in [6.45, 7) is 2.60. The number of likely N-dealkylation sites (tertiary alicyclic amines) is 1. The van der Waals surface area contributed by atoms with Crippen molar-refractivity contribution in [1.82, 2.24) is 4.90 Å². The van der Waals surface area contributed by atoms with Crippen molar-refractivity contribution in [3.63, 3.8) is 0 Å². The van der Waals surface area contributed by atoms with E-state index in [0.29, 0.717) is 6.54 Å². The maximum Gasteiger partial charge on any atom is 0.404 e. The second-order valence-electron chi connectivity index (χ2n) is 3.20. The van der Waals surface area contributed by atoms with Crippen molar-refractivity contribution in [1.29, 1.82) is 0 Å². The molecule has 1 saturated heterocycles. The summed E-state index contributed by atoms with van der Waals surface area (Å²) in [6.07, 6.45) is 0.888. The van der Waals surface area contributed by atoms with Crippen molar-refractivity contribution < 1.29 is 14.6 Å². The van der Waals surface area contributed by atoms with Crippen LogP contribution in [-0.2, 0) is 4.74 Å². The lowest BCUT2D eigenvalue weighted by Crippen LogP contribution is -2.39. The summed E-state index contributed by atoms with van der Waals surface area (Å²) in [5.41, 5.74) is 4.90. The Morgan fingerprint density at radius 2 is 2.15 bits per heavy atom. The molecule has 5 nitrogen and oxygen atoms in total. The molecule has 1 fully saturated rings. The SMILES string of the molecule is NC(=O)OC1CCN(CCO)CC1. The first kappa shape index (κ1) is 10.3. The van der Waals surface area contributed by atoms with Gasteiger partial charge in [-0.1, -0.05) is 0 Å². The van der Waals surface area contributed by atoms with Crippen molar-refractivity contribution in [2.45, 2.75) is 18.9 Å². The van der Waals surface area contributed by atoms with Gasteiger partial charge in [0.15, 0.2) is 0 Å². The van der Waals surface area contributed by atoms with Crippen LogP contribution in [0.25, 0.3) is 0 Å². The first-order valence-electron chi connectivity index (χ1n) is 4.51. The number of carbonyl (C=O) groups is 1. The van der Waals surface area contributed by atoms with Gasteiger partial charge in [0.05, 0.1) is 6.61 Å². The van der Waals surface area contributed by atoms with Crippen LogP contribution in [0.1, 0.15) is 12.8 Å². The van der Waals surface area contributed by atoms with Crippen molar-refractivity contribution in [2.75, 3.05) is 26.2 Å². The Morgan fingerprint density at radius 3 is 2.62 bits per heavy atom. The van der Waals surface area contributed by atoms with Gasteiger partial charge in [0.25, 0.3) is 0 Å². The Kier molecular flexibility index (Phi) is 3.98. The van der Waals surface area contributed by atoms with E-state index in [0.717, 1.165) is 25.9 Å². The number of aliphatic hydroxyl groups excluding tert-OH is 1. The van der Waals surface area contributed by atoms with Gasteiger partial charge in [0.1, 0.15) is 6.10 Å². The average Bonchev–Trinajstić information content (AvgIpc) is 2.08. The normalized spacial score (nSPS) is 20.1. The fourth-order valence-electron chi connectivity index (χ4n) is 1.56. The fraction of sp³-hybridized carbons (Fsp3) is 0.875. The number of nitrogens with zero attached hydrogens (tertiary/aromatic N) is 1. The van der Waals surface area contributed by atoms with E-state index in [9.17, 15) is 4.79 Å². The third kappa shape index (κ3) is 3.61. The van der Waals surface area contributed by atoms with E-state index in [1.807, 2.05) is 0 Å². The number of rotatable bonds is 3. The highest BCUT2D eigenvalue weighted by atomic mass is 16.6. The number of aliphatic hydroxyl groups is 1. The number of piperidine rings is 1. The lowest BCUT2D eigenvalue weighted by molar-refractivity contribution is 0.0511. The molecular weight excluding hydrogens is 172 g/mol. The maximum atomic E-state index is 10.4. The van der Waals surface area contributed by atoms with Crippen molar-refractivity contribution in [2.24, 2.45) is 5.73 Å². The van der Waals surface area contributed by atoms with Crippen LogP contribution in [0.3, 0.4) is 0 Å². The standard InChI is InChI=1S/C8H16N2O3/c9-8(12)13-7-1-3-10(4-2-7)5-6-11/h7,11H,1-6H2,(H2,9,12). The molecule has 76 valence electrons. The average molecular weight is 188 g/mol. The van der Waals surface area contributed by atoms with Gasteiger partial charge in [-0.25, -0.2) is 4.79 Å². The molecule has 3 N–H and O–H groups in total. The van der Waals surface area contributed by atoms with E-state index in [-0.39, 0.29) is 12.7 Å². The summed E-state index contributed by atoms with van der Waals surface area (Å²) < 4.78 is 4.87. The number of β-amino-alcohol motifs (C(OH)–C–C–N with tert-alkyl or cyclic N) is 1. The molecule has 1 amide bonds. The summed E-state index contributed by atoms with van der Waals surface area (Å²) in [7, 11) is 0. The fourth-order valence-corrected chi connectivity index (χ4v) is 1.56. The first-order chi connectivity index (χ1) is 6.22. The smallest absolute Gasteiger partial charge is 0.404 e. The summed E-state index contributed by atoms with van der Waals surface area (Å²) in [6, 6.07) is 0. The Morgan fingerprint density at radius 1 is 1.54 bits per heavy atom. The molecule has 1 heterocycles. The predicted octanol–water partition coefficient (Wildman–Crippen LogP) is -0.462. The van der Waals surface area contributed by atoms with Crippen LogP contribution in [0.2, 0.25) is 0 Å². The molecule has 0 aromatic rings. The van der Waals surface area contributed by atoms with Gasteiger partial charge in [-0.3, -0.25) is 0 Å². The molecule has 0 aromatic carbocycles. The Bertz CT molecular complexity index is 167. The third-order valence-corrected chi connectivity index (χ3v) is 2.23. The van der Waals surface area contributed by atoms with Crippen LogP contribution in [0.5, 0.6) is 0 Å². The maximum absolute atomic E-state index is 10.4. The second-order valence-corrected chi connectivity index (χ2v) is 3.20. The summed E-state index contributed by atoms with van der Waals surface area (Å²) in [5, 5.41) is 8.68. The van der Waals surface area contributed by atoms with Crippen LogP contribution in [0, 0.1) is 0 Å². The molecule has 0 saturated carbocycles. The van der Waals surface area contributed by atoms with E-state index in [4.69, 9.17) is 15.6 Å². The summed E-state index contributed by atoms with van der Waals surface area (Å²) in [5.74, 6) is 0. The molecule has 0 atom stereocenters. The van der Waals surface area contributed by atoms with Gasteiger partial charge in [0, 0.05) is 19.6 Å². The molecule has 1 aliphatic heterocycles. The van der Waals surface area contributed by atoms with Crippen LogP contribution in [-0.4, -0.2) is 48.4 Å². The summed E-state index contributed by atoms with van der Waals surface area (Å²) >= 11 is 0. The van der Waals surface area contributed by atoms with E-state index >= 15 is 0 Å². The zero-order chi connectivity index (χ0) is 9.68. The van der Waals surface area contributed by atoms with E-state index < -0.39 is 6.09 Å². The molecule has 5 heteroatoms. The number of ether oxygens (including phenoxy) is 1. The van der Waals surface area contributed by atoms with Gasteiger partial charge < -0.3 is 20.5 Å². The summed E-state index contributed by atoms with van der Waals surface area (Å²) in [4.78, 5) is 12.6. The van der Waals surface area contributed by atoms with Crippen LogP contribution < -0.4 is 5.73 Å². The number of hydrogen-bond donors (Lipinski definition) is 2. The second kappa shape index (κ2) is 5.04. The lowest BCUT2D eigenvalue weighted by atomic mass is 10.1. The van der Waals surface area contributed by atoms with E-state index in [2.05, 4.69) is 4.90 Å². The number of primary amides is 1. The topological polar surface area (TPSA) is 75.8 Å². The van der Waals surface area contributed by atoms with Gasteiger partial charge in [-0.15, -0.1) is 0 Å². The Hall–Kier alpha value is -0.810. The molecule has 0 aliphatic carbocycles. The number of nitrogens with two attached hydrogens (primary N) is 1. The molecule has 1 rings (SSSR count). The predicted molar refractivity (Wildman–Crippen MR) is 47.2 cm³/mol. The van der Waals surface area contributed by atoms with Crippen LogP contribution in [0.4, 0.5) is 4.79 Å². The first-order valence-corrected chi connectivity index (χ1v) is 4.51. The van der Waals surface area contributed by atoms with Crippen molar-refractivity contribution in [3.05, 3.63) is 0 Å². The van der Waals surface area contributed by atoms with Gasteiger partial charge >= 0.3 is 6.09 Å². The molecule has 0 spiro atoms. The van der Waals surface area contributed by atoms with Gasteiger partial charge in [0.2, 0.25) is 0 Å². The Balaban J connectivity index is 2.18. The zero-order valence-electron chi connectivity index (χ0n) is 7.61. The van der Waals surface area contributed by atoms with E-state index in [1.165, 1.54) is 0 Å². The van der Waals surface area contributed by atoms with Gasteiger partial charge in [-0.2, -0.15) is 0 Å². The molecule has 0 unspecified atom stereocenters. The highest BCUT2D eigenvalue weighted by molar-refractivity contribution is 5.64. The lowest BCUT2D eigenvalue weighted by Gasteiger charge is -2.30. The minimum absolute atomic E-state index is 0.0348. The van der Waals surface area contributed by atoms with Crippen molar-refractivity contribution >= 4 is 6.09 Å². The molecule has 0 radical (unpaired) electrons. The largest absolute Gasteiger partial charge is 0.446 e. The monoisotopic (exact) mass is 188 g/mol. The minimum atomic E-state index is -0.694. The number of amides is 1. The number of carbonyl (C=O) groups excluding carboxylic acids is 1. The highest BCUT2D eigenvalue weighted by Gasteiger charge is 2.20. The molecular formula is C8H16N2O3. The Labute approximate surface area is 77.5 Å².